The maximum atomic E-state index is 13.5. The first-order valence-electron chi connectivity index (χ1n) is 11.0. The summed E-state index contributed by atoms with van der Waals surface area (Å²) in [7, 11) is 0. The van der Waals surface area contributed by atoms with E-state index >= 15 is 0 Å². The minimum atomic E-state index is -0.203. The summed E-state index contributed by atoms with van der Waals surface area (Å²) in [6.45, 7) is 6.52. The molecule has 0 radical (unpaired) electrons. The fourth-order valence-electron chi connectivity index (χ4n) is 4.55. The quantitative estimate of drug-likeness (QED) is 0.631. The average molecular weight is 436 g/mol. The Hall–Kier alpha value is -3.10. The van der Waals surface area contributed by atoms with E-state index in [9.17, 15) is 9.18 Å². The van der Waals surface area contributed by atoms with Crippen LogP contribution in [0.5, 0.6) is 0 Å². The van der Waals surface area contributed by atoms with Crippen LogP contribution in [0.2, 0.25) is 0 Å². The summed E-state index contributed by atoms with van der Waals surface area (Å²) in [5.74, 6) is -0.297. The number of ether oxygens (including phenoxy) is 1. The van der Waals surface area contributed by atoms with Gasteiger partial charge >= 0.3 is 0 Å². The lowest BCUT2D eigenvalue weighted by Gasteiger charge is -2.30. The van der Waals surface area contributed by atoms with Crippen LogP contribution in [-0.4, -0.2) is 63.5 Å². The van der Waals surface area contributed by atoms with Gasteiger partial charge in [0, 0.05) is 32.7 Å². The number of hydrogen-bond donors (Lipinski definition) is 0. The number of amides is 1. The molecule has 0 aliphatic carbocycles. The number of morpholine rings is 1. The van der Waals surface area contributed by atoms with Crippen molar-refractivity contribution in [1.82, 2.24) is 24.8 Å². The fourth-order valence-corrected chi connectivity index (χ4v) is 4.55. The Balaban J connectivity index is 1.38. The van der Waals surface area contributed by atoms with Gasteiger partial charge in [-0.05, 0) is 48.2 Å². The van der Waals surface area contributed by atoms with E-state index in [2.05, 4.69) is 21.3 Å². The lowest BCUT2D eigenvalue weighted by molar-refractivity contribution is 0.0298. The van der Waals surface area contributed by atoms with Crippen molar-refractivity contribution in [1.29, 1.82) is 0 Å². The van der Waals surface area contributed by atoms with Gasteiger partial charge in [-0.1, -0.05) is 29.5 Å². The van der Waals surface area contributed by atoms with Crippen molar-refractivity contribution in [2.75, 3.05) is 32.8 Å². The molecular weight excluding hydrogens is 409 g/mol. The van der Waals surface area contributed by atoms with Crippen molar-refractivity contribution in [2.45, 2.75) is 26.4 Å². The molecule has 3 aromatic rings. The van der Waals surface area contributed by atoms with Gasteiger partial charge in [-0.15, -0.1) is 5.10 Å². The zero-order valence-electron chi connectivity index (χ0n) is 18.1. The van der Waals surface area contributed by atoms with Gasteiger partial charge in [-0.3, -0.25) is 9.69 Å². The van der Waals surface area contributed by atoms with Crippen molar-refractivity contribution < 1.29 is 13.9 Å². The third-order valence-electron chi connectivity index (χ3n) is 6.24. The van der Waals surface area contributed by atoms with E-state index in [0.717, 1.165) is 36.5 Å². The van der Waals surface area contributed by atoms with Gasteiger partial charge in [0.1, 0.15) is 5.82 Å². The molecule has 0 unspecified atom stereocenters. The van der Waals surface area contributed by atoms with E-state index in [-0.39, 0.29) is 11.7 Å². The summed E-state index contributed by atoms with van der Waals surface area (Å²) in [4.78, 5) is 17.0. The minimum Gasteiger partial charge on any atom is -0.378 e. The molecule has 0 bridgehead atoms. The Bertz CT molecular complexity index is 1140. The van der Waals surface area contributed by atoms with Gasteiger partial charge in [-0.2, -0.15) is 0 Å². The molecule has 1 aromatic heterocycles. The first-order chi connectivity index (χ1) is 15.6. The van der Waals surface area contributed by atoms with Crippen LogP contribution in [0, 0.1) is 12.7 Å². The molecule has 1 fully saturated rings. The van der Waals surface area contributed by atoms with Gasteiger partial charge in [-0.25, -0.2) is 9.07 Å². The lowest BCUT2D eigenvalue weighted by Crippen LogP contribution is -2.41. The molecule has 0 saturated carbocycles. The molecular formula is C24H26FN5O2. The van der Waals surface area contributed by atoms with Crippen molar-refractivity contribution in [2.24, 2.45) is 0 Å². The normalized spacial score (nSPS) is 16.8. The van der Waals surface area contributed by atoms with Crippen molar-refractivity contribution in [3.63, 3.8) is 0 Å². The van der Waals surface area contributed by atoms with Crippen LogP contribution >= 0.6 is 0 Å². The van der Waals surface area contributed by atoms with Gasteiger partial charge in [0.15, 0.2) is 5.69 Å². The van der Waals surface area contributed by atoms with Gasteiger partial charge in [0.25, 0.3) is 5.91 Å². The summed E-state index contributed by atoms with van der Waals surface area (Å²) in [5, 5.41) is 8.57. The summed E-state index contributed by atoms with van der Waals surface area (Å²) in [5.41, 5.74) is 5.54. The number of halogens is 1. The average Bonchev–Trinajstić information content (AvgIpc) is 3.19. The molecule has 2 aromatic carbocycles. The SMILES string of the molecule is Cc1c(C(=O)N2CCOCC2)nnn1-c1cccc2c1CCN(Cc1cccc(F)c1)C2. The summed E-state index contributed by atoms with van der Waals surface area (Å²) in [6, 6.07) is 13.0. The number of carbonyl (C=O) groups is 1. The van der Waals surface area contributed by atoms with Gasteiger partial charge < -0.3 is 9.64 Å². The highest BCUT2D eigenvalue weighted by Gasteiger charge is 2.26. The smallest absolute Gasteiger partial charge is 0.276 e. The third kappa shape index (κ3) is 4.03. The molecule has 0 N–H and O–H groups in total. The number of benzene rings is 2. The Labute approximate surface area is 186 Å². The van der Waals surface area contributed by atoms with Crippen molar-refractivity contribution in [3.05, 3.63) is 76.4 Å². The maximum absolute atomic E-state index is 13.5. The van der Waals surface area contributed by atoms with E-state index in [1.807, 2.05) is 25.1 Å². The summed E-state index contributed by atoms with van der Waals surface area (Å²) >= 11 is 0. The highest BCUT2D eigenvalue weighted by molar-refractivity contribution is 5.93. The van der Waals surface area contributed by atoms with Crippen LogP contribution in [0.1, 0.15) is 32.9 Å². The molecule has 3 heterocycles. The summed E-state index contributed by atoms with van der Waals surface area (Å²) < 4.78 is 20.7. The van der Waals surface area contributed by atoms with Gasteiger partial charge in [0.2, 0.25) is 0 Å². The molecule has 1 saturated heterocycles. The monoisotopic (exact) mass is 435 g/mol. The van der Waals surface area contributed by atoms with E-state index in [0.29, 0.717) is 38.5 Å². The number of hydrogen-bond acceptors (Lipinski definition) is 5. The molecule has 0 atom stereocenters. The lowest BCUT2D eigenvalue weighted by atomic mass is 9.97. The first kappa shape index (κ1) is 20.8. The first-order valence-corrected chi connectivity index (χ1v) is 11.0. The molecule has 5 rings (SSSR count). The van der Waals surface area contributed by atoms with Crippen LogP contribution in [0.3, 0.4) is 0 Å². The summed E-state index contributed by atoms with van der Waals surface area (Å²) in [6.07, 6.45) is 0.854. The molecule has 1 amide bonds. The molecule has 0 spiro atoms. The molecule has 7 nitrogen and oxygen atoms in total. The largest absolute Gasteiger partial charge is 0.378 e. The highest BCUT2D eigenvalue weighted by Crippen LogP contribution is 2.27. The molecule has 32 heavy (non-hydrogen) atoms. The second-order valence-electron chi connectivity index (χ2n) is 8.35. The maximum Gasteiger partial charge on any atom is 0.276 e. The Morgan fingerprint density at radius 2 is 1.94 bits per heavy atom. The number of rotatable bonds is 4. The zero-order chi connectivity index (χ0) is 22.1. The van der Waals surface area contributed by atoms with Crippen LogP contribution < -0.4 is 0 Å². The molecule has 2 aliphatic heterocycles. The number of carbonyl (C=O) groups excluding carboxylic acids is 1. The molecule has 2 aliphatic rings. The number of aromatic nitrogens is 3. The van der Waals surface area contributed by atoms with Crippen LogP contribution in [-0.2, 0) is 24.2 Å². The number of fused-ring (bicyclic) bond motifs is 1. The number of nitrogens with zero attached hydrogens (tertiary/aromatic N) is 5. The Kier molecular flexibility index (Phi) is 5.71. The zero-order valence-corrected chi connectivity index (χ0v) is 18.1. The topological polar surface area (TPSA) is 63.5 Å². The second-order valence-corrected chi connectivity index (χ2v) is 8.35. The van der Waals surface area contributed by atoms with Crippen molar-refractivity contribution in [3.8, 4) is 5.69 Å². The van der Waals surface area contributed by atoms with Crippen LogP contribution in [0.25, 0.3) is 5.69 Å². The third-order valence-corrected chi connectivity index (χ3v) is 6.24. The Morgan fingerprint density at radius 1 is 1.12 bits per heavy atom. The van der Waals surface area contributed by atoms with E-state index in [1.165, 1.54) is 17.2 Å². The molecule has 8 heteroatoms. The second kappa shape index (κ2) is 8.80. The predicted octanol–water partition coefficient (Wildman–Crippen LogP) is 2.75. The van der Waals surface area contributed by atoms with E-state index < -0.39 is 0 Å². The van der Waals surface area contributed by atoms with Gasteiger partial charge in [0.05, 0.1) is 24.6 Å². The Morgan fingerprint density at radius 3 is 2.75 bits per heavy atom. The van der Waals surface area contributed by atoms with Crippen LogP contribution in [0.4, 0.5) is 4.39 Å². The predicted molar refractivity (Wildman–Crippen MR) is 117 cm³/mol. The molecule has 166 valence electrons. The standard InChI is InChI=1S/C24H26FN5O2/c1-17-23(24(31)29-10-12-32-13-11-29)26-27-30(17)22-7-3-5-19-16-28(9-8-21(19)22)15-18-4-2-6-20(25)14-18/h2-7,14H,8-13,15-16H2,1H3. The van der Waals surface area contributed by atoms with Crippen LogP contribution in [0.15, 0.2) is 42.5 Å². The fraction of sp³-hybridized carbons (Fsp3) is 0.375. The van der Waals surface area contributed by atoms with E-state index in [4.69, 9.17) is 4.74 Å². The van der Waals surface area contributed by atoms with Crippen molar-refractivity contribution >= 4 is 5.91 Å². The van der Waals surface area contributed by atoms with E-state index in [1.54, 1.807) is 21.7 Å². The highest BCUT2D eigenvalue weighted by atomic mass is 19.1. The minimum absolute atomic E-state index is 0.0943.